The van der Waals surface area contributed by atoms with Gasteiger partial charge in [-0.25, -0.2) is 9.97 Å². The highest BCUT2D eigenvalue weighted by atomic mass is 32.1. The average molecular weight is 248 g/mol. The molecule has 0 spiro atoms. The zero-order chi connectivity index (χ0) is 12.1. The number of nitrogens with one attached hydrogen (secondary N) is 2. The minimum Gasteiger partial charge on any atom is -0.370 e. The molecule has 2 heterocycles. The molecule has 90 valence electrons. The highest BCUT2D eigenvalue weighted by Gasteiger charge is 2.01. The van der Waals surface area contributed by atoms with Crippen LogP contribution in [0, 0.1) is 6.92 Å². The number of aromatic nitrogens is 2. The van der Waals surface area contributed by atoms with Crippen molar-refractivity contribution in [1.82, 2.24) is 9.97 Å². The largest absolute Gasteiger partial charge is 0.370 e. The van der Waals surface area contributed by atoms with Crippen LogP contribution in [-0.4, -0.2) is 16.5 Å². The van der Waals surface area contributed by atoms with Gasteiger partial charge in [-0.2, -0.15) is 11.3 Å². The van der Waals surface area contributed by atoms with Crippen molar-refractivity contribution in [1.29, 1.82) is 0 Å². The third-order valence-electron chi connectivity index (χ3n) is 2.45. The van der Waals surface area contributed by atoms with Crippen LogP contribution in [0.1, 0.15) is 18.1 Å². The van der Waals surface area contributed by atoms with Gasteiger partial charge in [0.1, 0.15) is 18.0 Å². The summed E-state index contributed by atoms with van der Waals surface area (Å²) in [4.78, 5) is 8.32. The summed E-state index contributed by atoms with van der Waals surface area (Å²) in [7, 11) is 0. The van der Waals surface area contributed by atoms with Crippen molar-refractivity contribution in [2.45, 2.75) is 20.4 Å². The fourth-order valence-corrected chi connectivity index (χ4v) is 2.34. The third-order valence-corrected chi connectivity index (χ3v) is 3.36. The number of rotatable bonds is 5. The molecule has 2 N–H and O–H groups in total. The molecule has 0 aliphatic heterocycles. The lowest BCUT2D eigenvalue weighted by Gasteiger charge is -2.07. The van der Waals surface area contributed by atoms with Crippen LogP contribution in [0.3, 0.4) is 0 Å². The Morgan fingerprint density at radius 1 is 1.18 bits per heavy atom. The normalized spacial score (nSPS) is 10.2. The van der Waals surface area contributed by atoms with Crippen LogP contribution in [0.15, 0.2) is 23.2 Å². The Bertz CT molecular complexity index is 481. The van der Waals surface area contributed by atoms with E-state index in [2.05, 4.69) is 38.3 Å². The van der Waals surface area contributed by atoms with Crippen LogP contribution >= 0.6 is 11.3 Å². The second-order valence-corrected chi connectivity index (χ2v) is 4.50. The SMILES string of the molecule is CCNc1cc(NCc2cscc2C)ncn1. The molecule has 0 saturated carbocycles. The summed E-state index contributed by atoms with van der Waals surface area (Å²) >= 11 is 1.73. The monoisotopic (exact) mass is 248 g/mol. The molecule has 0 aliphatic carbocycles. The van der Waals surface area contributed by atoms with Gasteiger partial charge < -0.3 is 10.6 Å². The van der Waals surface area contributed by atoms with Crippen molar-refractivity contribution in [3.8, 4) is 0 Å². The quantitative estimate of drug-likeness (QED) is 0.854. The third kappa shape index (κ3) is 3.17. The highest BCUT2D eigenvalue weighted by molar-refractivity contribution is 7.08. The minimum atomic E-state index is 0.803. The van der Waals surface area contributed by atoms with E-state index in [4.69, 9.17) is 0 Å². The Hall–Kier alpha value is -1.62. The predicted molar refractivity (Wildman–Crippen MR) is 72.6 cm³/mol. The first-order chi connectivity index (χ1) is 8.29. The van der Waals surface area contributed by atoms with E-state index in [0.29, 0.717) is 0 Å². The molecule has 0 aliphatic rings. The van der Waals surface area contributed by atoms with E-state index in [0.717, 1.165) is 24.7 Å². The molecule has 0 radical (unpaired) electrons. The van der Waals surface area contributed by atoms with E-state index in [9.17, 15) is 0 Å². The zero-order valence-electron chi connectivity index (χ0n) is 10.0. The lowest BCUT2D eigenvalue weighted by molar-refractivity contribution is 1.06. The zero-order valence-corrected chi connectivity index (χ0v) is 10.8. The molecular weight excluding hydrogens is 232 g/mol. The number of thiophene rings is 1. The molecule has 0 saturated heterocycles. The summed E-state index contributed by atoms with van der Waals surface area (Å²) in [5, 5.41) is 10.8. The molecular formula is C12H16N4S. The number of nitrogens with zero attached hydrogens (tertiary/aromatic N) is 2. The van der Waals surface area contributed by atoms with E-state index >= 15 is 0 Å². The Kier molecular flexibility index (Phi) is 3.93. The lowest BCUT2D eigenvalue weighted by Crippen LogP contribution is -2.04. The Labute approximate surface area is 105 Å². The van der Waals surface area contributed by atoms with Crippen LogP contribution in [0.25, 0.3) is 0 Å². The van der Waals surface area contributed by atoms with Gasteiger partial charge in [-0.1, -0.05) is 0 Å². The van der Waals surface area contributed by atoms with E-state index in [1.54, 1.807) is 17.7 Å². The van der Waals surface area contributed by atoms with Gasteiger partial charge >= 0.3 is 0 Å². The number of hydrogen-bond donors (Lipinski definition) is 2. The maximum absolute atomic E-state index is 4.19. The first-order valence-corrected chi connectivity index (χ1v) is 6.55. The Morgan fingerprint density at radius 2 is 1.94 bits per heavy atom. The standard InChI is InChI=1S/C12H16N4S/c1-3-13-11-4-12(16-8-15-11)14-5-10-7-17-6-9(10)2/h4,6-8H,3,5H2,1-2H3,(H2,13,14,15,16). The van der Waals surface area contributed by atoms with Crippen LogP contribution in [0.5, 0.6) is 0 Å². The van der Waals surface area contributed by atoms with Crippen LogP contribution in [-0.2, 0) is 6.54 Å². The fraction of sp³-hybridized carbons (Fsp3) is 0.333. The summed E-state index contributed by atoms with van der Waals surface area (Å²) in [5.74, 6) is 1.70. The molecule has 0 amide bonds. The number of anilines is 2. The summed E-state index contributed by atoms with van der Waals surface area (Å²) in [6, 6.07) is 1.92. The van der Waals surface area contributed by atoms with Crippen LogP contribution < -0.4 is 10.6 Å². The lowest BCUT2D eigenvalue weighted by atomic mass is 10.2. The first-order valence-electron chi connectivity index (χ1n) is 5.61. The average Bonchev–Trinajstić information content (AvgIpc) is 2.73. The molecule has 2 rings (SSSR count). The summed E-state index contributed by atoms with van der Waals surface area (Å²) in [6.07, 6.45) is 1.57. The van der Waals surface area contributed by atoms with Gasteiger partial charge in [-0.15, -0.1) is 0 Å². The van der Waals surface area contributed by atoms with Gasteiger partial charge in [0.25, 0.3) is 0 Å². The number of hydrogen-bond acceptors (Lipinski definition) is 5. The molecule has 4 nitrogen and oxygen atoms in total. The topological polar surface area (TPSA) is 49.8 Å². The highest BCUT2D eigenvalue weighted by Crippen LogP contribution is 2.15. The van der Waals surface area contributed by atoms with Gasteiger partial charge in [0, 0.05) is 19.2 Å². The molecule has 0 atom stereocenters. The van der Waals surface area contributed by atoms with Crippen LogP contribution in [0.2, 0.25) is 0 Å². The summed E-state index contributed by atoms with van der Waals surface area (Å²) in [5.41, 5.74) is 2.64. The summed E-state index contributed by atoms with van der Waals surface area (Å²) < 4.78 is 0. The first kappa shape index (κ1) is 11.9. The van der Waals surface area contributed by atoms with Crippen molar-refractivity contribution in [3.63, 3.8) is 0 Å². The van der Waals surface area contributed by atoms with Crippen molar-refractivity contribution < 1.29 is 0 Å². The van der Waals surface area contributed by atoms with Crippen molar-refractivity contribution in [2.24, 2.45) is 0 Å². The van der Waals surface area contributed by atoms with Crippen molar-refractivity contribution in [3.05, 3.63) is 34.3 Å². The Balaban J connectivity index is 1.99. The van der Waals surface area contributed by atoms with Crippen molar-refractivity contribution in [2.75, 3.05) is 17.2 Å². The smallest absolute Gasteiger partial charge is 0.131 e. The predicted octanol–water partition coefficient (Wildman–Crippen LogP) is 2.89. The van der Waals surface area contributed by atoms with Crippen molar-refractivity contribution >= 4 is 23.0 Å². The molecule has 5 heteroatoms. The molecule has 0 bridgehead atoms. The second kappa shape index (κ2) is 5.63. The van der Waals surface area contributed by atoms with E-state index in [1.165, 1.54) is 11.1 Å². The van der Waals surface area contributed by atoms with E-state index in [-0.39, 0.29) is 0 Å². The molecule has 17 heavy (non-hydrogen) atoms. The molecule has 0 aromatic carbocycles. The van der Waals surface area contributed by atoms with Gasteiger partial charge in [0.15, 0.2) is 0 Å². The summed E-state index contributed by atoms with van der Waals surface area (Å²) in [6.45, 7) is 5.83. The van der Waals surface area contributed by atoms with Gasteiger partial charge in [0.2, 0.25) is 0 Å². The second-order valence-electron chi connectivity index (χ2n) is 3.75. The molecule has 0 fully saturated rings. The van der Waals surface area contributed by atoms with Gasteiger partial charge in [0.05, 0.1) is 0 Å². The fourth-order valence-electron chi connectivity index (χ4n) is 1.49. The van der Waals surface area contributed by atoms with Gasteiger partial charge in [-0.05, 0) is 35.7 Å². The molecule has 0 unspecified atom stereocenters. The van der Waals surface area contributed by atoms with E-state index < -0.39 is 0 Å². The van der Waals surface area contributed by atoms with Gasteiger partial charge in [-0.3, -0.25) is 0 Å². The van der Waals surface area contributed by atoms with Crippen LogP contribution in [0.4, 0.5) is 11.6 Å². The number of aryl methyl sites for hydroxylation is 1. The maximum atomic E-state index is 4.19. The molecule has 2 aromatic heterocycles. The maximum Gasteiger partial charge on any atom is 0.131 e. The molecule has 2 aromatic rings. The minimum absolute atomic E-state index is 0.803. The van der Waals surface area contributed by atoms with E-state index in [1.807, 2.05) is 13.0 Å². The Morgan fingerprint density at radius 3 is 2.59 bits per heavy atom.